The number of carbonyl (C=O) groups is 1. The van der Waals surface area contributed by atoms with Crippen LogP contribution in [0.3, 0.4) is 0 Å². The maximum Gasteiger partial charge on any atom is 0.264 e. The number of carbonyl (C=O) groups excluding carboxylic acids is 1. The molecule has 1 aromatic carbocycles. The second-order valence-electron chi connectivity index (χ2n) is 6.23. The minimum Gasteiger partial charge on any atom is -0.301 e. The first-order chi connectivity index (χ1) is 10.5. The zero-order chi connectivity index (χ0) is 15.7. The summed E-state index contributed by atoms with van der Waals surface area (Å²) in [7, 11) is 0. The summed E-state index contributed by atoms with van der Waals surface area (Å²) in [6, 6.07) is 4.72. The molecule has 3 nitrogen and oxygen atoms in total. The van der Waals surface area contributed by atoms with E-state index >= 15 is 0 Å². The van der Waals surface area contributed by atoms with Crippen LogP contribution in [0.2, 0.25) is 0 Å². The van der Waals surface area contributed by atoms with Crippen LogP contribution >= 0.6 is 11.8 Å². The lowest BCUT2D eigenvalue weighted by atomic mass is 10.0. The average Bonchev–Trinajstić information content (AvgIpc) is 3.07. The Morgan fingerprint density at radius 3 is 2.55 bits per heavy atom. The Hall–Kier alpha value is -1.55. The van der Waals surface area contributed by atoms with Crippen molar-refractivity contribution >= 4 is 28.9 Å². The number of thioether (sulfide) groups is 1. The summed E-state index contributed by atoms with van der Waals surface area (Å²) in [4.78, 5) is 17.6. The predicted molar refractivity (Wildman–Crippen MR) is 94.1 cm³/mol. The first-order valence-electron chi connectivity index (χ1n) is 7.89. The van der Waals surface area contributed by atoms with Crippen molar-refractivity contribution in [1.29, 1.82) is 0 Å². The van der Waals surface area contributed by atoms with Gasteiger partial charge in [-0.05, 0) is 73.7 Å². The molecule has 2 aliphatic rings. The lowest BCUT2D eigenvalue weighted by molar-refractivity contribution is -0.115. The molecule has 1 saturated heterocycles. The first-order valence-corrected chi connectivity index (χ1v) is 8.71. The van der Waals surface area contributed by atoms with E-state index in [1.54, 1.807) is 0 Å². The molecule has 0 radical (unpaired) electrons. The highest BCUT2D eigenvalue weighted by Gasteiger charge is 2.25. The largest absolute Gasteiger partial charge is 0.301 e. The van der Waals surface area contributed by atoms with Crippen molar-refractivity contribution in [3.05, 3.63) is 39.3 Å². The fourth-order valence-corrected chi connectivity index (χ4v) is 3.85. The molecule has 1 heterocycles. The Balaban J connectivity index is 1.83. The molecule has 116 valence electrons. The maximum atomic E-state index is 12.1. The Morgan fingerprint density at radius 2 is 1.82 bits per heavy atom. The van der Waals surface area contributed by atoms with Gasteiger partial charge in [-0.1, -0.05) is 25.0 Å². The van der Waals surface area contributed by atoms with Gasteiger partial charge in [0, 0.05) is 0 Å². The van der Waals surface area contributed by atoms with Gasteiger partial charge in [0.1, 0.15) is 0 Å². The standard InChI is InChI=1S/C18H22N2OS/c1-11-8-13(3)14(9-12(11)2)10-16-17(21)20-18(22-16)19-15-6-4-5-7-15/h8-10,15H,4-7H2,1-3H3,(H,19,20,21)/b16-10-. The number of hydrogen-bond acceptors (Lipinski definition) is 3. The van der Waals surface area contributed by atoms with Crippen LogP contribution in [0, 0.1) is 20.8 Å². The van der Waals surface area contributed by atoms with Crippen molar-refractivity contribution < 1.29 is 4.79 Å². The number of amides is 1. The van der Waals surface area contributed by atoms with E-state index in [1.165, 1.54) is 41.3 Å². The molecule has 0 unspecified atom stereocenters. The van der Waals surface area contributed by atoms with Gasteiger partial charge < -0.3 is 5.32 Å². The fourth-order valence-electron chi connectivity index (χ4n) is 2.97. The summed E-state index contributed by atoms with van der Waals surface area (Å²) in [6.45, 7) is 6.30. The minimum atomic E-state index is -0.0284. The molecule has 22 heavy (non-hydrogen) atoms. The smallest absolute Gasteiger partial charge is 0.264 e. The summed E-state index contributed by atoms with van der Waals surface area (Å²) < 4.78 is 0. The number of hydrogen-bond donors (Lipinski definition) is 1. The van der Waals surface area contributed by atoms with Crippen LogP contribution < -0.4 is 5.32 Å². The SMILES string of the molecule is Cc1cc(C)c(/C=C2\SC(=NC3CCCC3)NC2=O)cc1C. The number of aliphatic imine (C=N–C) groups is 1. The Labute approximate surface area is 136 Å². The zero-order valence-electron chi connectivity index (χ0n) is 13.4. The van der Waals surface area contributed by atoms with Crippen LogP contribution in [0.1, 0.15) is 47.9 Å². The minimum absolute atomic E-state index is 0.0284. The Morgan fingerprint density at radius 1 is 1.14 bits per heavy atom. The lowest BCUT2D eigenvalue weighted by Gasteiger charge is -2.06. The van der Waals surface area contributed by atoms with E-state index < -0.39 is 0 Å². The van der Waals surface area contributed by atoms with Gasteiger partial charge in [-0.15, -0.1) is 0 Å². The van der Waals surface area contributed by atoms with Crippen LogP contribution in [0.4, 0.5) is 0 Å². The zero-order valence-corrected chi connectivity index (χ0v) is 14.2. The highest BCUT2D eigenvalue weighted by Crippen LogP contribution is 2.30. The van der Waals surface area contributed by atoms with E-state index in [-0.39, 0.29) is 5.91 Å². The predicted octanol–water partition coefficient (Wildman–Crippen LogP) is 4.11. The second-order valence-corrected chi connectivity index (χ2v) is 7.26. The fraction of sp³-hybridized carbons (Fsp3) is 0.444. The van der Waals surface area contributed by atoms with Crippen molar-refractivity contribution in [1.82, 2.24) is 5.32 Å². The number of aryl methyl sites for hydroxylation is 3. The van der Waals surface area contributed by atoms with Gasteiger partial charge in [0.05, 0.1) is 10.9 Å². The van der Waals surface area contributed by atoms with Crippen molar-refractivity contribution in [2.24, 2.45) is 4.99 Å². The monoisotopic (exact) mass is 314 g/mol. The first kappa shape index (κ1) is 15.3. The number of nitrogens with zero attached hydrogens (tertiary/aromatic N) is 1. The molecule has 0 spiro atoms. The molecule has 3 rings (SSSR count). The van der Waals surface area contributed by atoms with Gasteiger partial charge in [0.15, 0.2) is 5.17 Å². The van der Waals surface area contributed by atoms with E-state index in [0.29, 0.717) is 6.04 Å². The molecule has 4 heteroatoms. The van der Waals surface area contributed by atoms with Crippen molar-refractivity contribution in [3.63, 3.8) is 0 Å². The topological polar surface area (TPSA) is 41.5 Å². The highest BCUT2D eigenvalue weighted by molar-refractivity contribution is 8.18. The van der Waals surface area contributed by atoms with E-state index in [9.17, 15) is 4.79 Å². The molecule has 1 aliphatic heterocycles. The van der Waals surface area contributed by atoms with Gasteiger partial charge in [-0.2, -0.15) is 0 Å². The van der Waals surface area contributed by atoms with E-state index in [1.807, 2.05) is 6.08 Å². The number of rotatable bonds is 2. The number of amidine groups is 1. The van der Waals surface area contributed by atoms with Crippen LogP contribution in [-0.2, 0) is 4.79 Å². The third-order valence-electron chi connectivity index (χ3n) is 4.44. The Kier molecular flexibility index (Phi) is 4.39. The summed E-state index contributed by atoms with van der Waals surface area (Å²) in [6.07, 6.45) is 6.79. The quantitative estimate of drug-likeness (QED) is 0.835. The highest BCUT2D eigenvalue weighted by atomic mass is 32.2. The van der Waals surface area contributed by atoms with E-state index in [0.717, 1.165) is 28.5 Å². The third-order valence-corrected chi connectivity index (χ3v) is 5.37. The van der Waals surface area contributed by atoms with Gasteiger partial charge >= 0.3 is 0 Å². The molecule has 1 N–H and O–H groups in total. The lowest BCUT2D eigenvalue weighted by Crippen LogP contribution is -2.21. The number of benzene rings is 1. The molecule has 1 aromatic rings. The summed E-state index contributed by atoms with van der Waals surface area (Å²) in [5.74, 6) is -0.0284. The van der Waals surface area contributed by atoms with Gasteiger partial charge in [-0.3, -0.25) is 9.79 Å². The molecular formula is C18H22N2OS. The van der Waals surface area contributed by atoms with Crippen LogP contribution in [0.5, 0.6) is 0 Å². The normalized spacial score (nSPS) is 22.8. The molecule has 0 bridgehead atoms. The molecule has 2 fully saturated rings. The summed E-state index contributed by atoms with van der Waals surface area (Å²) >= 11 is 1.47. The van der Waals surface area contributed by atoms with Gasteiger partial charge in [-0.25, -0.2) is 0 Å². The molecule has 0 atom stereocenters. The van der Waals surface area contributed by atoms with Crippen LogP contribution in [-0.4, -0.2) is 17.1 Å². The molecule has 1 saturated carbocycles. The second kappa shape index (κ2) is 6.29. The summed E-state index contributed by atoms with van der Waals surface area (Å²) in [5, 5.41) is 3.67. The molecule has 1 aliphatic carbocycles. The van der Waals surface area contributed by atoms with Crippen molar-refractivity contribution in [3.8, 4) is 0 Å². The van der Waals surface area contributed by atoms with Gasteiger partial charge in [0.25, 0.3) is 5.91 Å². The Bertz CT molecular complexity index is 670. The molecular weight excluding hydrogens is 292 g/mol. The van der Waals surface area contributed by atoms with Gasteiger partial charge in [0.2, 0.25) is 0 Å². The third kappa shape index (κ3) is 3.27. The van der Waals surface area contributed by atoms with Crippen LogP contribution in [0.25, 0.3) is 6.08 Å². The van der Waals surface area contributed by atoms with Crippen LogP contribution in [0.15, 0.2) is 22.0 Å². The molecule has 0 aromatic heterocycles. The van der Waals surface area contributed by atoms with Crippen molar-refractivity contribution in [2.75, 3.05) is 0 Å². The van der Waals surface area contributed by atoms with E-state index in [2.05, 4.69) is 43.2 Å². The van der Waals surface area contributed by atoms with Crippen molar-refractivity contribution in [2.45, 2.75) is 52.5 Å². The molecule has 1 amide bonds. The summed E-state index contributed by atoms with van der Waals surface area (Å²) in [5.41, 5.74) is 4.85. The maximum absolute atomic E-state index is 12.1. The average molecular weight is 314 g/mol. The van der Waals surface area contributed by atoms with E-state index in [4.69, 9.17) is 0 Å². The number of nitrogens with one attached hydrogen (secondary N) is 1.